The number of anilines is 2. The molecule has 1 saturated heterocycles. The summed E-state index contributed by atoms with van der Waals surface area (Å²) < 4.78 is 0. The van der Waals surface area contributed by atoms with E-state index in [0.717, 1.165) is 58.8 Å². The number of amides is 1. The van der Waals surface area contributed by atoms with E-state index in [2.05, 4.69) is 20.5 Å². The first-order valence-electron chi connectivity index (χ1n) is 9.73. The molecule has 1 aliphatic rings. The SMILES string of the molecule is Cc1c(Cl)cccc1NC(=O)CN1CCN(c2nc(-c3ccc(Cl)cc3)cs2)CC1. The number of halogens is 2. The predicted molar refractivity (Wildman–Crippen MR) is 126 cm³/mol. The summed E-state index contributed by atoms with van der Waals surface area (Å²) in [6.45, 7) is 5.60. The van der Waals surface area contributed by atoms with Gasteiger partial charge in [-0.2, -0.15) is 0 Å². The van der Waals surface area contributed by atoms with Crippen LogP contribution in [0.2, 0.25) is 10.0 Å². The number of nitrogens with one attached hydrogen (secondary N) is 1. The number of carbonyl (C=O) groups is 1. The van der Waals surface area contributed by atoms with Gasteiger partial charge in [0.1, 0.15) is 0 Å². The molecular weight excluding hydrogens is 439 g/mol. The molecule has 8 heteroatoms. The molecule has 4 rings (SSSR count). The molecule has 30 heavy (non-hydrogen) atoms. The molecule has 1 amide bonds. The molecule has 156 valence electrons. The maximum Gasteiger partial charge on any atom is 0.238 e. The van der Waals surface area contributed by atoms with Crippen molar-refractivity contribution in [3.05, 3.63) is 63.5 Å². The third-order valence-corrected chi connectivity index (χ3v) is 6.75. The highest BCUT2D eigenvalue weighted by Crippen LogP contribution is 2.29. The van der Waals surface area contributed by atoms with Crippen LogP contribution in [0, 0.1) is 6.92 Å². The molecule has 1 aliphatic heterocycles. The first-order valence-corrected chi connectivity index (χ1v) is 11.4. The zero-order valence-electron chi connectivity index (χ0n) is 16.6. The number of rotatable bonds is 5. The monoisotopic (exact) mass is 460 g/mol. The molecule has 1 fully saturated rings. The maximum absolute atomic E-state index is 12.5. The van der Waals surface area contributed by atoms with E-state index in [0.29, 0.717) is 11.6 Å². The number of carbonyl (C=O) groups excluding carboxylic acids is 1. The van der Waals surface area contributed by atoms with Gasteiger partial charge in [-0.05, 0) is 36.8 Å². The van der Waals surface area contributed by atoms with Crippen LogP contribution in [0.15, 0.2) is 47.8 Å². The lowest BCUT2D eigenvalue weighted by Crippen LogP contribution is -2.48. The largest absolute Gasteiger partial charge is 0.346 e. The molecule has 1 N–H and O–H groups in total. The average Bonchev–Trinajstić information content (AvgIpc) is 3.23. The van der Waals surface area contributed by atoms with Crippen LogP contribution in [0.25, 0.3) is 11.3 Å². The van der Waals surface area contributed by atoms with Gasteiger partial charge in [-0.1, -0.05) is 41.4 Å². The highest BCUT2D eigenvalue weighted by atomic mass is 35.5. The summed E-state index contributed by atoms with van der Waals surface area (Å²) in [5.74, 6) is -0.0203. The predicted octanol–water partition coefficient (Wildman–Crippen LogP) is 5.19. The van der Waals surface area contributed by atoms with Crippen molar-refractivity contribution in [2.75, 3.05) is 42.9 Å². The molecule has 0 radical (unpaired) electrons. The zero-order valence-corrected chi connectivity index (χ0v) is 18.9. The fraction of sp³-hybridized carbons (Fsp3) is 0.273. The fourth-order valence-corrected chi connectivity index (χ4v) is 4.58. The molecule has 2 heterocycles. The van der Waals surface area contributed by atoms with Crippen molar-refractivity contribution in [1.82, 2.24) is 9.88 Å². The second-order valence-electron chi connectivity index (χ2n) is 7.25. The Bertz CT molecular complexity index is 1030. The molecule has 1 aromatic heterocycles. The van der Waals surface area contributed by atoms with Gasteiger partial charge < -0.3 is 10.2 Å². The van der Waals surface area contributed by atoms with Gasteiger partial charge in [-0.25, -0.2) is 4.98 Å². The standard InChI is InChI=1S/C22H22Cl2N4OS/c1-15-18(24)3-2-4-19(15)25-21(29)13-27-9-11-28(12-10-27)22-26-20(14-30-22)16-5-7-17(23)8-6-16/h2-8,14H,9-13H2,1H3,(H,25,29). The lowest BCUT2D eigenvalue weighted by atomic mass is 10.2. The van der Waals surface area contributed by atoms with E-state index < -0.39 is 0 Å². The molecule has 5 nitrogen and oxygen atoms in total. The van der Waals surface area contributed by atoms with Crippen molar-refractivity contribution in [3.8, 4) is 11.3 Å². The number of nitrogens with zero attached hydrogens (tertiary/aromatic N) is 3. The second-order valence-corrected chi connectivity index (χ2v) is 8.93. The maximum atomic E-state index is 12.5. The van der Waals surface area contributed by atoms with Crippen LogP contribution < -0.4 is 10.2 Å². The Morgan fingerprint density at radius 2 is 1.83 bits per heavy atom. The molecule has 3 aromatic rings. The number of aromatic nitrogens is 1. The summed E-state index contributed by atoms with van der Waals surface area (Å²) in [7, 11) is 0. The van der Waals surface area contributed by atoms with Crippen LogP contribution in [0.5, 0.6) is 0 Å². The number of thiazole rings is 1. The summed E-state index contributed by atoms with van der Waals surface area (Å²) in [5.41, 5.74) is 3.68. The van der Waals surface area contributed by atoms with Gasteiger partial charge >= 0.3 is 0 Å². The molecule has 0 spiro atoms. The Hall–Kier alpha value is -2.12. The van der Waals surface area contributed by atoms with E-state index in [9.17, 15) is 4.79 Å². The second kappa shape index (κ2) is 9.35. The van der Waals surface area contributed by atoms with E-state index in [4.69, 9.17) is 28.2 Å². The third kappa shape index (κ3) is 4.95. The van der Waals surface area contributed by atoms with Crippen LogP contribution in [-0.2, 0) is 4.79 Å². The Labute approximate surface area is 190 Å². The topological polar surface area (TPSA) is 48.5 Å². The van der Waals surface area contributed by atoms with E-state index in [-0.39, 0.29) is 5.91 Å². The highest BCUT2D eigenvalue weighted by Gasteiger charge is 2.21. The molecule has 0 atom stereocenters. The zero-order chi connectivity index (χ0) is 21.1. The highest BCUT2D eigenvalue weighted by molar-refractivity contribution is 7.14. The molecule has 0 saturated carbocycles. The lowest BCUT2D eigenvalue weighted by Gasteiger charge is -2.34. The quantitative estimate of drug-likeness (QED) is 0.569. The van der Waals surface area contributed by atoms with Crippen molar-refractivity contribution in [3.63, 3.8) is 0 Å². The molecule has 2 aromatic carbocycles. The fourth-order valence-electron chi connectivity index (χ4n) is 3.40. The normalized spacial score (nSPS) is 14.7. The summed E-state index contributed by atoms with van der Waals surface area (Å²) in [5, 5.41) is 7.43. The van der Waals surface area contributed by atoms with Gasteiger partial charge in [-0.3, -0.25) is 9.69 Å². The van der Waals surface area contributed by atoms with Crippen molar-refractivity contribution >= 4 is 51.3 Å². The van der Waals surface area contributed by atoms with Crippen LogP contribution in [-0.4, -0.2) is 48.5 Å². The van der Waals surface area contributed by atoms with Crippen LogP contribution in [0.3, 0.4) is 0 Å². The minimum Gasteiger partial charge on any atom is -0.346 e. The van der Waals surface area contributed by atoms with E-state index in [1.807, 2.05) is 49.4 Å². The Balaban J connectivity index is 1.30. The Morgan fingerprint density at radius 3 is 2.57 bits per heavy atom. The number of hydrogen-bond donors (Lipinski definition) is 1. The molecule has 0 aliphatic carbocycles. The number of piperazine rings is 1. The van der Waals surface area contributed by atoms with Gasteiger partial charge in [0, 0.05) is 52.9 Å². The van der Waals surface area contributed by atoms with Crippen molar-refractivity contribution in [1.29, 1.82) is 0 Å². The summed E-state index contributed by atoms with van der Waals surface area (Å²) in [6.07, 6.45) is 0. The van der Waals surface area contributed by atoms with Gasteiger partial charge in [-0.15, -0.1) is 11.3 Å². The summed E-state index contributed by atoms with van der Waals surface area (Å²) >= 11 is 13.8. The van der Waals surface area contributed by atoms with E-state index >= 15 is 0 Å². The first-order chi connectivity index (χ1) is 14.5. The van der Waals surface area contributed by atoms with Crippen molar-refractivity contribution in [2.45, 2.75) is 6.92 Å². The Kier molecular flexibility index (Phi) is 6.58. The van der Waals surface area contributed by atoms with E-state index in [1.165, 1.54) is 0 Å². The molecule has 0 bridgehead atoms. The number of hydrogen-bond acceptors (Lipinski definition) is 5. The number of benzene rings is 2. The third-order valence-electron chi connectivity index (χ3n) is 5.18. The van der Waals surface area contributed by atoms with Crippen LogP contribution in [0.4, 0.5) is 10.8 Å². The average molecular weight is 461 g/mol. The molecular formula is C22H22Cl2N4OS. The van der Waals surface area contributed by atoms with E-state index in [1.54, 1.807) is 11.3 Å². The minimum atomic E-state index is -0.0203. The van der Waals surface area contributed by atoms with Crippen molar-refractivity contribution < 1.29 is 4.79 Å². The van der Waals surface area contributed by atoms with Crippen LogP contribution in [0.1, 0.15) is 5.56 Å². The van der Waals surface area contributed by atoms with Crippen molar-refractivity contribution in [2.24, 2.45) is 0 Å². The summed E-state index contributed by atoms with van der Waals surface area (Å²) in [6, 6.07) is 13.3. The smallest absolute Gasteiger partial charge is 0.238 e. The minimum absolute atomic E-state index is 0.0203. The van der Waals surface area contributed by atoms with Gasteiger partial charge in [0.25, 0.3) is 0 Å². The first kappa shape index (κ1) is 21.1. The van der Waals surface area contributed by atoms with Gasteiger partial charge in [0.05, 0.1) is 12.2 Å². The Morgan fingerprint density at radius 1 is 1.10 bits per heavy atom. The lowest BCUT2D eigenvalue weighted by molar-refractivity contribution is -0.117. The summed E-state index contributed by atoms with van der Waals surface area (Å²) in [4.78, 5) is 21.7. The van der Waals surface area contributed by atoms with Crippen LogP contribution >= 0.6 is 34.5 Å². The van der Waals surface area contributed by atoms with Gasteiger partial charge in [0.15, 0.2) is 5.13 Å². The molecule has 0 unspecified atom stereocenters. The van der Waals surface area contributed by atoms with Gasteiger partial charge in [0.2, 0.25) is 5.91 Å².